The number of non-ortho nitro benzene ring substituents is 1. The molecule has 1 aliphatic heterocycles. The molecule has 0 radical (unpaired) electrons. The molecule has 0 aromatic heterocycles. The van der Waals surface area contributed by atoms with Crippen molar-refractivity contribution in [2.45, 2.75) is 30.2 Å². The highest BCUT2D eigenvalue weighted by atomic mass is 35.5. The van der Waals surface area contributed by atoms with Crippen molar-refractivity contribution in [1.82, 2.24) is 10.0 Å². The number of nitro groups is 1. The molecule has 7 nitrogen and oxygen atoms in total. The quantitative estimate of drug-likeness (QED) is 0.644. The second-order valence-corrected chi connectivity index (χ2v) is 6.96. The van der Waals surface area contributed by atoms with Crippen LogP contribution in [0, 0.1) is 10.1 Å². The van der Waals surface area contributed by atoms with E-state index in [0.717, 1.165) is 32.0 Å². The van der Waals surface area contributed by atoms with E-state index in [-0.39, 0.29) is 21.6 Å². The average molecular weight is 334 g/mol. The number of hydrogen-bond acceptors (Lipinski definition) is 5. The molecule has 0 saturated carbocycles. The Balaban J connectivity index is 2.26. The fourth-order valence-electron chi connectivity index (χ4n) is 2.23. The molecule has 0 bridgehead atoms. The minimum absolute atomic E-state index is 0.0279. The largest absolute Gasteiger partial charge is 0.317 e. The SMILES string of the molecule is O=[N+]([O-])c1ccc(Cl)c(S(=O)(=O)NC2CCCNCC2)c1. The number of hydrogen-bond donors (Lipinski definition) is 2. The molecule has 1 heterocycles. The summed E-state index contributed by atoms with van der Waals surface area (Å²) in [5.41, 5.74) is -0.303. The Kier molecular flexibility index (Phi) is 5.15. The molecule has 1 aromatic rings. The van der Waals surface area contributed by atoms with Gasteiger partial charge < -0.3 is 5.32 Å². The molecule has 2 rings (SSSR count). The van der Waals surface area contributed by atoms with Crippen LogP contribution in [0.1, 0.15) is 19.3 Å². The van der Waals surface area contributed by atoms with E-state index in [1.165, 1.54) is 12.1 Å². The Hall–Kier alpha value is -1.22. The lowest BCUT2D eigenvalue weighted by Gasteiger charge is -2.16. The molecule has 1 fully saturated rings. The Morgan fingerprint density at radius 3 is 2.81 bits per heavy atom. The van der Waals surface area contributed by atoms with Crippen LogP contribution in [-0.4, -0.2) is 32.5 Å². The van der Waals surface area contributed by atoms with Gasteiger partial charge in [-0.1, -0.05) is 11.6 Å². The van der Waals surface area contributed by atoms with Crippen molar-refractivity contribution in [3.05, 3.63) is 33.3 Å². The number of rotatable bonds is 4. The summed E-state index contributed by atoms with van der Waals surface area (Å²) in [7, 11) is -3.88. The number of halogens is 1. The Bertz CT molecular complexity index is 627. The van der Waals surface area contributed by atoms with Crippen LogP contribution in [0.4, 0.5) is 5.69 Å². The van der Waals surface area contributed by atoms with Crippen LogP contribution in [0.2, 0.25) is 5.02 Å². The van der Waals surface area contributed by atoms with Gasteiger partial charge in [-0.25, -0.2) is 13.1 Å². The molecule has 21 heavy (non-hydrogen) atoms. The molecule has 2 N–H and O–H groups in total. The van der Waals surface area contributed by atoms with Gasteiger partial charge in [0.05, 0.1) is 9.95 Å². The molecule has 0 spiro atoms. The predicted octanol–water partition coefficient (Wildman–Crippen LogP) is 1.67. The molecular formula is C12H16ClN3O4S. The summed E-state index contributed by atoms with van der Waals surface area (Å²) in [6.07, 6.45) is 2.26. The zero-order valence-electron chi connectivity index (χ0n) is 11.2. The van der Waals surface area contributed by atoms with Gasteiger partial charge in [0, 0.05) is 18.2 Å². The van der Waals surface area contributed by atoms with E-state index in [9.17, 15) is 18.5 Å². The highest BCUT2D eigenvalue weighted by molar-refractivity contribution is 7.89. The Morgan fingerprint density at radius 1 is 1.33 bits per heavy atom. The molecule has 1 saturated heterocycles. The first-order valence-corrected chi connectivity index (χ1v) is 8.43. The smallest absolute Gasteiger partial charge is 0.270 e. The molecule has 1 unspecified atom stereocenters. The molecular weight excluding hydrogens is 318 g/mol. The highest BCUT2D eigenvalue weighted by Gasteiger charge is 2.25. The lowest BCUT2D eigenvalue weighted by atomic mass is 10.1. The second-order valence-electron chi connectivity index (χ2n) is 4.87. The lowest BCUT2D eigenvalue weighted by molar-refractivity contribution is -0.385. The van der Waals surface area contributed by atoms with E-state index in [2.05, 4.69) is 10.0 Å². The number of benzene rings is 1. The summed E-state index contributed by atoms with van der Waals surface area (Å²) < 4.78 is 27.3. The second kappa shape index (κ2) is 6.69. The maximum atomic E-state index is 12.4. The van der Waals surface area contributed by atoms with Crippen LogP contribution in [-0.2, 0) is 10.0 Å². The van der Waals surface area contributed by atoms with Gasteiger partial charge in [-0.15, -0.1) is 0 Å². The highest BCUT2D eigenvalue weighted by Crippen LogP contribution is 2.26. The maximum absolute atomic E-state index is 12.4. The summed E-state index contributed by atoms with van der Waals surface area (Å²) in [6.45, 7) is 1.59. The fourth-order valence-corrected chi connectivity index (χ4v) is 4.06. The van der Waals surface area contributed by atoms with Crippen LogP contribution in [0.15, 0.2) is 23.1 Å². The first kappa shape index (κ1) is 16.2. The molecule has 116 valence electrons. The van der Waals surface area contributed by atoms with E-state index < -0.39 is 14.9 Å². The third-order valence-electron chi connectivity index (χ3n) is 3.31. The first-order chi connectivity index (χ1) is 9.90. The number of nitro benzene ring substituents is 1. The van der Waals surface area contributed by atoms with Crippen LogP contribution in [0.3, 0.4) is 0 Å². The monoisotopic (exact) mass is 333 g/mol. The zero-order valence-corrected chi connectivity index (χ0v) is 12.8. The summed E-state index contributed by atoms with van der Waals surface area (Å²) in [5, 5.41) is 13.9. The Morgan fingerprint density at radius 2 is 2.10 bits per heavy atom. The van der Waals surface area contributed by atoms with Crippen LogP contribution >= 0.6 is 11.6 Å². The topological polar surface area (TPSA) is 101 Å². The van der Waals surface area contributed by atoms with Gasteiger partial charge in [0.1, 0.15) is 4.90 Å². The van der Waals surface area contributed by atoms with Crippen molar-refractivity contribution in [2.75, 3.05) is 13.1 Å². The summed E-state index contributed by atoms with van der Waals surface area (Å²) in [5.74, 6) is 0. The summed E-state index contributed by atoms with van der Waals surface area (Å²) in [6, 6.07) is 3.19. The molecule has 1 atom stereocenters. The van der Waals surface area contributed by atoms with Crippen molar-refractivity contribution >= 4 is 27.3 Å². The minimum Gasteiger partial charge on any atom is -0.317 e. The maximum Gasteiger partial charge on any atom is 0.270 e. The summed E-state index contributed by atoms with van der Waals surface area (Å²) >= 11 is 5.88. The molecule has 0 amide bonds. The van der Waals surface area contributed by atoms with Gasteiger partial charge in [0.15, 0.2) is 0 Å². The third kappa shape index (κ3) is 4.13. The molecule has 1 aromatic carbocycles. The van der Waals surface area contributed by atoms with Crippen molar-refractivity contribution in [3.8, 4) is 0 Å². The van der Waals surface area contributed by atoms with Crippen molar-refractivity contribution in [3.63, 3.8) is 0 Å². The van der Waals surface area contributed by atoms with Crippen LogP contribution in [0.5, 0.6) is 0 Å². The van der Waals surface area contributed by atoms with Crippen molar-refractivity contribution in [1.29, 1.82) is 0 Å². The number of sulfonamides is 1. The van der Waals surface area contributed by atoms with E-state index >= 15 is 0 Å². The number of nitrogens with one attached hydrogen (secondary N) is 2. The van der Waals surface area contributed by atoms with Gasteiger partial charge in [-0.2, -0.15) is 0 Å². The third-order valence-corrected chi connectivity index (χ3v) is 5.31. The van der Waals surface area contributed by atoms with Gasteiger partial charge in [-0.3, -0.25) is 10.1 Å². The minimum atomic E-state index is -3.88. The van der Waals surface area contributed by atoms with Crippen molar-refractivity contribution < 1.29 is 13.3 Å². The van der Waals surface area contributed by atoms with Crippen LogP contribution in [0.25, 0.3) is 0 Å². The predicted molar refractivity (Wildman–Crippen MR) is 78.9 cm³/mol. The standard InChI is InChI=1S/C12H16ClN3O4S/c13-11-4-3-10(16(17)18)8-12(11)21(19,20)15-9-2-1-6-14-7-5-9/h3-4,8-9,14-15H,1-2,5-7H2. The van der Waals surface area contributed by atoms with Gasteiger partial charge in [-0.05, 0) is 38.4 Å². The van der Waals surface area contributed by atoms with Gasteiger partial charge in [0.25, 0.3) is 5.69 Å². The lowest BCUT2D eigenvalue weighted by Crippen LogP contribution is -2.35. The van der Waals surface area contributed by atoms with E-state index in [0.29, 0.717) is 6.42 Å². The van der Waals surface area contributed by atoms with Gasteiger partial charge in [0.2, 0.25) is 10.0 Å². The first-order valence-electron chi connectivity index (χ1n) is 6.57. The van der Waals surface area contributed by atoms with Gasteiger partial charge >= 0.3 is 0 Å². The normalized spacial score (nSPS) is 20.0. The molecule has 0 aliphatic carbocycles. The zero-order chi connectivity index (χ0) is 15.5. The molecule has 9 heteroatoms. The van der Waals surface area contributed by atoms with E-state index in [4.69, 9.17) is 11.6 Å². The Labute approximate surface area is 127 Å². The molecule has 1 aliphatic rings. The van der Waals surface area contributed by atoms with Crippen LogP contribution < -0.4 is 10.0 Å². The summed E-state index contributed by atoms with van der Waals surface area (Å²) in [4.78, 5) is 9.86. The van der Waals surface area contributed by atoms with E-state index in [1.807, 2.05) is 0 Å². The van der Waals surface area contributed by atoms with E-state index in [1.54, 1.807) is 0 Å². The average Bonchev–Trinajstić information content (AvgIpc) is 2.66. The van der Waals surface area contributed by atoms with Crippen molar-refractivity contribution in [2.24, 2.45) is 0 Å². The number of nitrogens with zero attached hydrogens (tertiary/aromatic N) is 1. The fraction of sp³-hybridized carbons (Fsp3) is 0.500.